The minimum atomic E-state index is 0.710. The third kappa shape index (κ3) is 3.44. The summed E-state index contributed by atoms with van der Waals surface area (Å²) in [6, 6.07) is 1.43. The molecule has 1 N–H and O–H groups in total. The van der Waals surface area contributed by atoms with Gasteiger partial charge in [-0.25, -0.2) is 0 Å². The highest BCUT2D eigenvalue weighted by Crippen LogP contribution is 2.18. The molecular formula is C13H26N2O. The number of nitrogens with zero attached hydrogens (tertiary/aromatic N) is 1. The maximum atomic E-state index is 5.37. The zero-order valence-corrected chi connectivity index (χ0v) is 10.7. The molecule has 0 aromatic rings. The highest BCUT2D eigenvalue weighted by molar-refractivity contribution is 4.81. The highest BCUT2D eigenvalue weighted by atomic mass is 16.5. The number of nitrogens with one attached hydrogen (secondary N) is 1. The molecule has 0 amide bonds. The zero-order valence-electron chi connectivity index (χ0n) is 10.7. The Kier molecular flexibility index (Phi) is 4.62. The Hall–Kier alpha value is -0.120. The number of ether oxygens (including phenoxy) is 1. The van der Waals surface area contributed by atoms with E-state index in [2.05, 4.69) is 24.1 Å². The lowest BCUT2D eigenvalue weighted by atomic mass is 10.1. The number of likely N-dealkylation sites (tertiary alicyclic amines) is 1. The van der Waals surface area contributed by atoms with Gasteiger partial charge in [0.25, 0.3) is 0 Å². The van der Waals surface area contributed by atoms with Crippen molar-refractivity contribution in [3.05, 3.63) is 0 Å². The molecule has 3 nitrogen and oxygen atoms in total. The van der Waals surface area contributed by atoms with Crippen molar-refractivity contribution in [3.8, 4) is 0 Å². The molecule has 2 rings (SSSR count). The Labute approximate surface area is 99.5 Å². The first-order valence-electron chi connectivity index (χ1n) is 6.81. The monoisotopic (exact) mass is 226 g/mol. The topological polar surface area (TPSA) is 24.5 Å². The predicted octanol–water partition coefficient (Wildman–Crippen LogP) is 1.49. The smallest absolute Gasteiger partial charge is 0.0480 e. The van der Waals surface area contributed by atoms with Crippen LogP contribution in [0.2, 0.25) is 0 Å². The largest absolute Gasteiger partial charge is 0.381 e. The van der Waals surface area contributed by atoms with Crippen LogP contribution in [0.25, 0.3) is 0 Å². The second kappa shape index (κ2) is 5.99. The second-order valence-electron chi connectivity index (χ2n) is 5.54. The number of hydrogen-bond donors (Lipinski definition) is 1. The molecule has 2 heterocycles. The van der Waals surface area contributed by atoms with Crippen molar-refractivity contribution in [2.24, 2.45) is 5.92 Å². The Morgan fingerprint density at radius 2 is 2.00 bits per heavy atom. The first kappa shape index (κ1) is 12.3. The SMILES string of the molecule is CC(C)N1CCC(CNC2CCOCC2)C1. The summed E-state index contributed by atoms with van der Waals surface area (Å²) in [4.78, 5) is 2.59. The molecule has 2 aliphatic heterocycles. The van der Waals surface area contributed by atoms with Gasteiger partial charge in [0, 0.05) is 31.8 Å². The van der Waals surface area contributed by atoms with Crippen molar-refractivity contribution in [3.63, 3.8) is 0 Å². The van der Waals surface area contributed by atoms with Crippen molar-refractivity contribution in [2.45, 2.75) is 45.2 Å². The van der Waals surface area contributed by atoms with Crippen LogP contribution in [0, 0.1) is 5.92 Å². The molecule has 0 aliphatic carbocycles. The van der Waals surface area contributed by atoms with Crippen LogP contribution >= 0.6 is 0 Å². The fraction of sp³-hybridized carbons (Fsp3) is 1.00. The lowest BCUT2D eigenvalue weighted by molar-refractivity contribution is 0.0769. The van der Waals surface area contributed by atoms with E-state index in [0.717, 1.165) is 19.1 Å². The van der Waals surface area contributed by atoms with E-state index in [0.29, 0.717) is 12.1 Å². The molecule has 16 heavy (non-hydrogen) atoms. The Morgan fingerprint density at radius 3 is 2.62 bits per heavy atom. The average molecular weight is 226 g/mol. The van der Waals surface area contributed by atoms with Crippen molar-refractivity contribution in [1.82, 2.24) is 10.2 Å². The summed E-state index contributed by atoms with van der Waals surface area (Å²) in [5.41, 5.74) is 0. The van der Waals surface area contributed by atoms with Gasteiger partial charge in [-0.05, 0) is 52.1 Å². The van der Waals surface area contributed by atoms with Gasteiger partial charge in [-0.1, -0.05) is 0 Å². The Bertz CT molecular complexity index is 202. The number of hydrogen-bond acceptors (Lipinski definition) is 3. The molecule has 0 aromatic carbocycles. The lowest BCUT2D eigenvalue weighted by Gasteiger charge is -2.25. The van der Waals surface area contributed by atoms with Gasteiger partial charge in [0.05, 0.1) is 0 Å². The van der Waals surface area contributed by atoms with E-state index < -0.39 is 0 Å². The van der Waals surface area contributed by atoms with E-state index in [1.807, 2.05) is 0 Å². The van der Waals surface area contributed by atoms with Gasteiger partial charge >= 0.3 is 0 Å². The van der Waals surface area contributed by atoms with E-state index in [-0.39, 0.29) is 0 Å². The Morgan fingerprint density at radius 1 is 1.25 bits per heavy atom. The normalized spacial score (nSPS) is 29.1. The van der Waals surface area contributed by atoms with Crippen LogP contribution in [0.5, 0.6) is 0 Å². The third-order valence-corrected chi connectivity index (χ3v) is 3.96. The van der Waals surface area contributed by atoms with Gasteiger partial charge in [0.15, 0.2) is 0 Å². The van der Waals surface area contributed by atoms with Gasteiger partial charge in [0.1, 0.15) is 0 Å². The first-order chi connectivity index (χ1) is 7.75. The minimum absolute atomic E-state index is 0.710. The van der Waals surface area contributed by atoms with Crippen molar-refractivity contribution < 1.29 is 4.74 Å². The first-order valence-corrected chi connectivity index (χ1v) is 6.81. The predicted molar refractivity (Wildman–Crippen MR) is 66.7 cm³/mol. The highest BCUT2D eigenvalue weighted by Gasteiger charge is 2.24. The maximum Gasteiger partial charge on any atom is 0.0480 e. The van der Waals surface area contributed by atoms with Crippen LogP contribution in [-0.4, -0.2) is 49.8 Å². The summed E-state index contributed by atoms with van der Waals surface area (Å²) in [6.07, 6.45) is 3.76. The molecule has 0 saturated carbocycles. The van der Waals surface area contributed by atoms with E-state index in [1.54, 1.807) is 0 Å². The maximum absolute atomic E-state index is 5.37. The molecule has 0 spiro atoms. The summed E-state index contributed by atoms with van der Waals surface area (Å²) >= 11 is 0. The van der Waals surface area contributed by atoms with Crippen LogP contribution < -0.4 is 5.32 Å². The Balaban J connectivity index is 1.63. The van der Waals surface area contributed by atoms with E-state index in [4.69, 9.17) is 4.74 Å². The zero-order chi connectivity index (χ0) is 11.4. The lowest BCUT2D eigenvalue weighted by Crippen LogP contribution is -2.38. The van der Waals surface area contributed by atoms with Gasteiger partial charge in [0.2, 0.25) is 0 Å². The summed E-state index contributed by atoms with van der Waals surface area (Å²) in [7, 11) is 0. The molecule has 94 valence electrons. The van der Waals surface area contributed by atoms with Crippen LogP contribution in [0.15, 0.2) is 0 Å². The fourth-order valence-corrected chi connectivity index (χ4v) is 2.73. The van der Waals surface area contributed by atoms with Gasteiger partial charge < -0.3 is 15.0 Å². The molecule has 0 radical (unpaired) electrons. The minimum Gasteiger partial charge on any atom is -0.381 e. The van der Waals surface area contributed by atoms with Gasteiger partial charge in [-0.15, -0.1) is 0 Å². The molecular weight excluding hydrogens is 200 g/mol. The molecule has 2 aliphatic rings. The standard InChI is InChI=1S/C13H26N2O/c1-11(2)15-6-3-12(10-15)9-14-13-4-7-16-8-5-13/h11-14H,3-10H2,1-2H3. The van der Waals surface area contributed by atoms with Gasteiger partial charge in [-0.2, -0.15) is 0 Å². The number of rotatable bonds is 4. The van der Waals surface area contributed by atoms with Crippen LogP contribution in [-0.2, 0) is 4.74 Å². The second-order valence-corrected chi connectivity index (χ2v) is 5.54. The van der Waals surface area contributed by atoms with Crippen LogP contribution in [0.1, 0.15) is 33.1 Å². The summed E-state index contributed by atoms with van der Waals surface area (Å²) in [6.45, 7) is 10.3. The quantitative estimate of drug-likeness (QED) is 0.786. The van der Waals surface area contributed by atoms with Crippen LogP contribution in [0.3, 0.4) is 0 Å². The van der Waals surface area contributed by atoms with Crippen LogP contribution in [0.4, 0.5) is 0 Å². The molecule has 0 bridgehead atoms. The van der Waals surface area contributed by atoms with Crippen molar-refractivity contribution in [2.75, 3.05) is 32.8 Å². The summed E-state index contributed by atoms with van der Waals surface area (Å²) in [5.74, 6) is 0.866. The molecule has 2 fully saturated rings. The van der Waals surface area contributed by atoms with E-state index in [9.17, 15) is 0 Å². The molecule has 1 atom stereocenters. The summed E-state index contributed by atoms with van der Waals surface area (Å²) < 4.78 is 5.37. The third-order valence-electron chi connectivity index (χ3n) is 3.96. The fourth-order valence-electron chi connectivity index (χ4n) is 2.73. The van der Waals surface area contributed by atoms with Gasteiger partial charge in [-0.3, -0.25) is 0 Å². The average Bonchev–Trinajstić information content (AvgIpc) is 2.76. The molecule has 2 saturated heterocycles. The summed E-state index contributed by atoms with van der Waals surface area (Å²) in [5, 5.41) is 3.72. The molecule has 1 unspecified atom stereocenters. The van der Waals surface area contributed by atoms with Crippen molar-refractivity contribution >= 4 is 0 Å². The molecule has 0 aromatic heterocycles. The van der Waals surface area contributed by atoms with E-state index >= 15 is 0 Å². The molecule has 3 heteroatoms. The van der Waals surface area contributed by atoms with Crippen molar-refractivity contribution in [1.29, 1.82) is 0 Å². The van der Waals surface area contributed by atoms with E-state index in [1.165, 1.54) is 38.9 Å².